The van der Waals surface area contributed by atoms with Crippen LogP contribution in [0.15, 0.2) is 24.3 Å². The standard InChI is InChI=1S/C17H27NO3/c1-5-14(4)21-16-10-8-15(9-11-16)17(19)20-13-12-18(6-2)7-3/h8-11,14H,5-7,12-13H2,1-4H3. The van der Waals surface area contributed by atoms with Crippen LogP contribution in [0.25, 0.3) is 0 Å². The van der Waals surface area contributed by atoms with E-state index in [2.05, 4.69) is 25.7 Å². The zero-order valence-corrected chi connectivity index (χ0v) is 13.6. The van der Waals surface area contributed by atoms with E-state index in [0.717, 1.165) is 31.8 Å². The zero-order valence-electron chi connectivity index (χ0n) is 13.6. The number of carbonyl (C=O) groups is 1. The Morgan fingerprint density at radius 3 is 2.29 bits per heavy atom. The fourth-order valence-electron chi connectivity index (χ4n) is 1.88. The van der Waals surface area contributed by atoms with Gasteiger partial charge in [0.2, 0.25) is 0 Å². The van der Waals surface area contributed by atoms with Gasteiger partial charge < -0.3 is 14.4 Å². The van der Waals surface area contributed by atoms with Gasteiger partial charge >= 0.3 is 5.97 Å². The van der Waals surface area contributed by atoms with E-state index in [1.165, 1.54) is 0 Å². The molecule has 0 radical (unpaired) electrons. The average Bonchev–Trinajstić information content (AvgIpc) is 2.52. The van der Waals surface area contributed by atoms with Crippen molar-refractivity contribution in [1.29, 1.82) is 0 Å². The topological polar surface area (TPSA) is 38.8 Å². The van der Waals surface area contributed by atoms with Crippen molar-refractivity contribution in [3.05, 3.63) is 29.8 Å². The van der Waals surface area contributed by atoms with Crippen molar-refractivity contribution in [2.24, 2.45) is 0 Å². The van der Waals surface area contributed by atoms with Gasteiger partial charge in [-0.25, -0.2) is 4.79 Å². The number of rotatable bonds is 9. The minimum Gasteiger partial charge on any atom is -0.491 e. The number of esters is 1. The summed E-state index contributed by atoms with van der Waals surface area (Å²) in [7, 11) is 0. The van der Waals surface area contributed by atoms with Gasteiger partial charge in [-0.3, -0.25) is 0 Å². The predicted molar refractivity (Wildman–Crippen MR) is 84.9 cm³/mol. The van der Waals surface area contributed by atoms with Crippen molar-refractivity contribution < 1.29 is 14.3 Å². The molecule has 118 valence electrons. The maximum atomic E-state index is 11.9. The molecule has 0 aliphatic rings. The highest BCUT2D eigenvalue weighted by atomic mass is 16.5. The van der Waals surface area contributed by atoms with E-state index in [1.807, 2.05) is 19.1 Å². The van der Waals surface area contributed by atoms with Crippen LogP contribution >= 0.6 is 0 Å². The fourth-order valence-corrected chi connectivity index (χ4v) is 1.88. The molecule has 0 saturated carbocycles. The fraction of sp³-hybridized carbons (Fsp3) is 0.588. The van der Waals surface area contributed by atoms with Crippen LogP contribution < -0.4 is 4.74 Å². The van der Waals surface area contributed by atoms with E-state index in [9.17, 15) is 4.79 Å². The van der Waals surface area contributed by atoms with Gasteiger partial charge in [0.1, 0.15) is 12.4 Å². The Bertz CT molecular complexity index is 413. The van der Waals surface area contributed by atoms with Crippen LogP contribution in [-0.4, -0.2) is 43.2 Å². The van der Waals surface area contributed by atoms with Crippen LogP contribution in [0.1, 0.15) is 44.5 Å². The van der Waals surface area contributed by atoms with Gasteiger partial charge in [-0.2, -0.15) is 0 Å². The summed E-state index contributed by atoms with van der Waals surface area (Å²) in [6, 6.07) is 7.12. The Labute approximate surface area is 128 Å². The second-order valence-electron chi connectivity index (χ2n) is 5.02. The summed E-state index contributed by atoms with van der Waals surface area (Å²) >= 11 is 0. The molecule has 1 rings (SSSR count). The van der Waals surface area contributed by atoms with Crippen LogP contribution in [0.5, 0.6) is 5.75 Å². The number of nitrogens with zero attached hydrogens (tertiary/aromatic N) is 1. The molecule has 0 bridgehead atoms. The first-order chi connectivity index (χ1) is 10.1. The lowest BCUT2D eigenvalue weighted by molar-refractivity contribution is 0.0466. The van der Waals surface area contributed by atoms with Gasteiger partial charge in [-0.1, -0.05) is 20.8 Å². The molecular formula is C17H27NO3. The van der Waals surface area contributed by atoms with Crippen molar-refractivity contribution in [3.8, 4) is 5.75 Å². The molecule has 1 atom stereocenters. The lowest BCUT2D eigenvalue weighted by Crippen LogP contribution is -2.27. The van der Waals surface area contributed by atoms with Crippen molar-refractivity contribution in [2.45, 2.75) is 40.2 Å². The average molecular weight is 293 g/mol. The van der Waals surface area contributed by atoms with E-state index in [-0.39, 0.29) is 12.1 Å². The SMILES string of the molecule is CCC(C)Oc1ccc(C(=O)OCCN(CC)CC)cc1. The highest BCUT2D eigenvalue weighted by Crippen LogP contribution is 2.15. The van der Waals surface area contributed by atoms with E-state index in [4.69, 9.17) is 9.47 Å². The van der Waals surface area contributed by atoms with Crippen LogP contribution in [0.2, 0.25) is 0 Å². The smallest absolute Gasteiger partial charge is 0.338 e. The van der Waals surface area contributed by atoms with Gasteiger partial charge in [0.15, 0.2) is 0 Å². The molecule has 0 saturated heterocycles. The summed E-state index contributed by atoms with van der Waals surface area (Å²) in [5.41, 5.74) is 0.561. The molecule has 0 aromatic heterocycles. The van der Waals surface area contributed by atoms with Gasteiger partial charge in [-0.15, -0.1) is 0 Å². The quantitative estimate of drug-likeness (QED) is 0.654. The molecule has 1 aromatic carbocycles. The minimum atomic E-state index is -0.280. The van der Waals surface area contributed by atoms with Crippen molar-refractivity contribution >= 4 is 5.97 Å². The third-order valence-electron chi connectivity index (χ3n) is 3.54. The number of hydrogen-bond donors (Lipinski definition) is 0. The first kappa shape index (κ1) is 17.5. The molecule has 0 aliphatic carbocycles. The highest BCUT2D eigenvalue weighted by Gasteiger charge is 2.09. The number of carbonyl (C=O) groups excluding carboxylic acids is 1. The predicted octanol–water partition coefficient (Wildman–Crippen LogP) is 3.36. The molecular weight excluding hydrogens is 266 g/mol. The molecule has 0 aliphatic heterocycles. The van der Waals surface area contributed by atoms with Gasteiger partial charge in [0.25, 0.3) is 0 Å². The second-order valence-corrected chi connectivity index (χ2v) is 5.02. The zero-order chi connectivity index (χ0) is 15.7. The molecule has 0 fully saturated rings. The van der Waals surface area contributed by atoms with E-state index >= 15 is 0 Å². The summed E-state index contributed by atoms with van der Waals surface area (Å²) < 4.78 is 11.0. The molecule has 0 heterocycles. The van der Waals surface area contributed by atoms with Crippen molar-refractivity contribution in [2.75, 3.05) is 26.2 Å². The third-order valence-corrected chi connectivity index (χ3v) is 3.54. The first-order valence-corrected chi connectivity index (χ1v) is 7.76. The van der Waals surface area contributed by atoms with Gasteiger partial charge in [0, 0.05) is 6.54 Å². The number of likely N-dealkylation sites (N-methyl/N-ethyl adjacent to an activating group) is 1. The molecule has 0 N–H and O–H groups in total. The third kappa shape index (κ3) is 6.17. The number of hydrogen-bond acceptors (Lipinski definition) is 4. The van der Waals surface area contributed by atoms with Crippen molar-refractivity contribution in [1.82, 2.24) is 4.90 Å². The van der Waals surface area contributed by atoms with Crippen LogP contribution in [0.3, 0.4) is 0 Å². The van der Waals surface area contributed by atoms with Crippen molar-refractivity contribution in [3.63, 3.8) is 0 Å². The second kappa shape index (κ2) is 9.40. The largest absolute Gasteiger partial charge is 0.491 e. The lowest BCUT2D eigenvalue weighted by atomic mass is 10.2. The summed E-state index contributed by atoms with van der Waals surface area (Å²) in [6.07, 6.45) is 1.13. The highest BCUT2D eigenvalue weighted by molar-refractivity contribution is 5.89. The van der Waals surface area contributed by atoms with Gasteiger partial charge in [-0.05, 0) is 50.7 Å². The van der Waals surface area contributed by atoms with Crippen LogP contribution in [0.4, 0.5) is 0 Å². The monoisotopic (exact) mass is 293 g/mol. The Kier molecular flexibility index (Phi) is 7.83. The Hall–Kier alpha value is -1.55. The normalized spacial score (nSPS) is 12.2. The molecule has 0 amide bonds. The van der Waals surface area contributed by atoms with Crippen LogP contribution in [-0.2, 0) is 4.74 Å². The molecule has 4 heteroatoms. The maximum absolute atomic E-state index is 11.9. The Morgan fingerprint density at radius 1 is 1.14 bits per heavy atom. The summed E-state index contributed by atoms with van der Waals surface area (Å²) in [5, 5.41) is 0. The van der Waals surface area contributed by atoms with E-state index in [0.29, 0.717) is 12.2 Å². The first-order valence-electron chi connectivity index (χ1n) is 7.76. The van der Waals surface area contributed by atoms with Gasteiger partial charge in [0.05, 0.1) is 11.7 Å². The van der Waals surface area contributed by atoms with Crippen LogP contribution in [0, 0.1) is 0 Å². The summed E-state index contributed by atoms with van der Waals surface area (Å²) in [5.74, 6) is 0.501. The molecule has 0 spiro atoms. The molecule has 1 unspecified atom stereocenters. The number of benzene rings is 1. The summed E-state index contributed by atoms with van der Waals surface area (Å²) in [6.45, 7) is 11.4. The van der Waals surface area contributed by atoms with E-state index < -0.39 is 0 Å². The lowest BCUT2D eigenvalue weighted by Gasteiger charge is -2.17. The maximum Gasteiger partial charge on any atom is 0.338 e. The molecule has 4 nitrogen and oxygen atoms in total. The van der Waals surface area contributed by atoms with E-state index in [1.54, 1.807) is 12.1 Å². The Morgan fingerprint density at radius 2 is 1.76 bits per heavy atom. The Balaban J connectivity index is 2.44. The molecule has 1 aromatic rings. The summed E-state index contributed by atoms with van der Waals surface area (Å²) in [4.78, 5) is 14.1. The number of ether oxygens (including phenoxy) is 2. The molecule has 21 heavy (non-hydrogen) atoms. The minimum absolute atomic E-state index is 0.178.